The summed E-state index contributed by atoms with van der Waals surface area (Å²) in [5.74, 6) is 0. The Hall–Kier alpha value is -10.4. The fourth-order valence-corrected chi connectivity index (χ4v) is 14.2. The van der Waals surface area contributed by atoms with E-state index in [-0.39, 0.29) is 20.1 Å². The van der Waals surface area contributed by atoms with Gasteiger partial charge in [0.05, 0.1) is 11.4 Å². The fraction of sp³-hybridized carbons (Fsp3) is 0.0513. The van der Waals surface area contributed by atoms with Gasteiger partial charge >= 0.3 is 0 Å². The van der Waals surface area contributed by atoms with E-state index in [0.29, 0.717) is 0 Å². The van der Waals surface area contributed by atoms with Crippen LogP contribution in [0, 0.1) is 24.8 Å². The first-order chi connectivity index (χ1) is 42.1. The van der Waals surface area contributed by atoms with Gasteiger partial charge in [-0.05, 0) is 147 Å². The average molecular weight is 1280 g/mol. The standard InChI is InChI=1S/2C35H21N2.C8H6N3.Ir/c2*1-3-22-7-9-26-13-17-30(28-15-11-24(5-1)32(22)34(26)28)36-19-20-37(21-36)31-18-14-27-10-8-23-4-2-6-25-12-16-29(31)35(27)33(23)25;1-2-5-9-7(3-1)8-4-6-10-11-8;/h2*1-3,5-9,11-17,19-20H,4,10H2;1-6H;/q3*-1;. The Kier molecular flexibility index (Phi) is 11.6. The Morgan fingerprint density at radius 2 is 0.907 bits per heavy atom. The van der Waals surface area contributed by atoms with Crippen molar-refractivity contribution in [3.63, 3.8) is 0 Å². The smallest absolute Gasteiger partial charge is 0.267 e. The van der Waals surface area contributed by atoms with Crippen LogP contribution in [0.25, 0.3) is 144 Å². The molecule has 86 heavy (non-hydrogen) atoms. The summed E-state index contributed by atoms with van der Waals surface area (Å²) in [5, 5.41) is 28.3. The van der Waals surface area contributed by atoms with Gasteiger partial charge in [0.15, 0.2) is 0 Å². The Balaban J connectivity index is 0.000000113. The van der Waals surface area contributed by atoms with Crippen molar-refractivity contribution in [1.82, 2.24) is 24.3 Å². The fourth-order valence-electron chi connectivity index (χ4n) is 14.2. The van der Waals surface area contributed by atoms with E-state index < -0.39 is 0 Å². The van der Waals surface area contributed by atoms with E-state index in [1.165, 1.54) is 131 Å². The number of allylic oxidation sites excluding steroid dienone is 6. The van der Waals surface area contributed by atoms with E-state index in [4.69, 9.17) is 0 Å². The minimum absolute atomic E-state index is 0. The molecule has 0 fully saturated rings. The van der Waals surface area contributed by atoms with Gasteiger partial charge in [-0.15, -0.1) is 44.8 Å². The van der Waals surface area contributed by atoms with Gasteiger partial charge < -0.3 is 19.3 Å². The average Bonchev–Trinajstić information content (AvgIpc) is 1.93. The SMILES string of the molecule is [Ir].[c-]1cc2c3c4c(ccc3c1-n1[c-][n+](-c3ccc5ccc6cccc7ccc3c5c67)cc1)C=CCC4=CC2.[c-]1cc2c3c4c(ccc3c1-n1[c-][n+](-c3ccc5ccc6cccc7ccc3c5c67)cc1)C=CCC4=CC2.c1ccc(-c2ccn[n-]2)nc1. The van der Waals surface area contributed by atoms with E-state index >= 15 is 0 Å². The second-order valence-electron chi connectivity index (χ2n) is 22.6. The Labute approximate surface area is 509 Å². The molecule has 12 aromatic carbocycles. The molecule has 0 spiro atoms. The van der Waals surface area contributed by atoms with Crippen LogP contribution >= 0.6 is 0 Å². The number of pyridine rings is 1. The van der Waals surface area contributed by atoms with Crippen LogP contribution in [0.3, 0.4) is 0 Å². The number of nitrogens with zero attached hydrogens (tertiary/aromatic N) is 7. The van der Waals surface area contributed by atoms with Crippen LogP contribution in [0.4, 0.5) is 0 Å². The molecule has 7 nitrogen and oxygen atoms in total. The third kappa shape index (κ3) is 7.84. The van der Waals surface area contributed by atoms with Gasteiger partial charge in [-0.3, -0.25) is 14.1 Å². The predicted molar refractivity (Wildman–Crippen MR) is 344 cm³/mol. The van der Waals surface area contributed by atoms with Crippen LogP contribution in [0.2, 0.25) is 0 Å². The molecule has 4 aliphatic rings. The van der Waals surface area contributed by atoms with Crippen LogP contribution in [-0.4, -0.2) is 19.2 Å². The van der Waals surface area contributed by atoms with Crippen LogP contribution < -0.4 is 14.2 Å². The number of benzene rings is 12. The maximum absolute atomic E-state index is 4.12. The van der Waals surface area contributed by atoms with Gasteiger partial charge in [-0.1, -0.05) is 176 Å². The van der Waals surface area contributed by atoms with Crippen LogP contribution in [0.1, 0.15) is 46.2 Å². The second-order valence-corrected chi connectivity index (χ2v) is 22.6. The van der Waals surface area contributed by atoms with Crippen LogP contribution in [-0.2, 0) is 32.9 Å². The molecular formula is C78H48IrN7-3. The first kappa shape index (κ1) is 50.2. The van der Waals surface area contributed by atoms with Crippen LogP contribution in [0.5, 0.6) is 0 Å². The van der Waals surface area contributed by atoms with E-state index in [1.807, 2.05) is 24.3 Å². The maximum Gasteiger partial charge on any atom is 0.267 e. The predicted octanol–water partition coefficient (Wildman–Crippen LogP) is 16.6. The van der Waals surface area contributed by atoms with Gasteiger partial charge in [0.25, 0.3) is 12.7 Å². The Bertz CT molecular complexity index is 5200. The summed E-state index contributed by atoms with van der Waals surface area (Å²) in [4.78, 5) is 4.12. The molecule has 0 saturated carbocycles. The third-order valence-electron chi connectivity index (χ3n) is 18.0. The molecule has 16 aromatic rings. The number of hydrogen-bond donors (Lipinski definition) is 0. The molecule has 407 valence electrons. The van der Waals surface area contributed by atoms with Gasteiger partial charge in [-0.2, -0.15) is 24.3 Å². The van der Waals surface area contributed by atoms with Crippen molar-refractivity contribution < 1.29 is 29.2 Å². The van der Waals surface area contributed by atoms with Crippen molar-refractivity contribution in [2.75, 3.05) is 0 Å². The molecule has 0 aliphatic heterocycles. The zero-order valence-electron chi connectivity index (χ0n) is 46.4. The second kappa shape index (κ2) is 19.9. The quantitative estimate of drug-likeness (QED) is 0.0980. The van der Waals surface area contributed by atoms with Gasteiger partial charge in [0.2, 0.25) is 0 Å². The largest absolute Gasteiger partial charge is 0.574 e. The molecule has 4 heterocycles. The molecule has 0 saturated heterocycles. The zero-order chi connectivity index (χ0) is 55.7. The molecular weight excluding hydrogens is 1230 g/mol. The number of aromatic nitrogens is 7. The molecule has 1 radical (unpaired) electrons. The summed E-state index contributed by atoms with van der Waals surface area (Å²) in [7, 11) is 0. The molecule has 0 amide bonds. The van der Waals surface area contributed by atoms with Crippen molar-refractivity contribution in [3.8, 4) is 34.1 Å². The molecule has 8 heteroatoms. The van der Waals surface area contributed by atoms with Crippen molar-refractivity contribution in [3.05, 3.63) is 290 Å². The topological polar surface area (TPSA) is 57.5 Å². The van der Waals surface area contributed by atoms with Gasteiger partial charge in [-0.25, -0.2) is 0 Å². The normalized spacial score (nSPS) is 13.6. The Morgan fingerprint density at radius 1 is 0.430 bits per heavy atom. The van der Waals surface area contributed by atoms with E-state index in [0.717, 1.165) is 59.8 Å². The van der Waals surface area contributed by atoms with Crippen molar-refractivity contribution >= 4 is 109 Å². The molecule has 20 rings (SSSR count). The van der Waals surface area contributed by atoms with E-state index in [9.17, 15) is 0 Å². The summed E-state index contributed by atoms with van der Waals surface area (Å²) >= 11 is 0. The van der Waals surface area contributed by atoms with Crippen molar-refractivity contribution in [2.24, 2.45) is 0 Å². The summed E-state index contributed by atoms with van der Waals surface area (Å²) in [5.41, 5.74) is 17.2. The van der Waals surface area contributed by atoms with Gasteiger partial charge in [0, 0.05) is 63.0 Å². The van der Waals surface area contributed by atoms with E-state index in [1.54, 1.807) is 12.4 Å². The summed E-state index contributed by atoms with van der Waals surface area (Å²) < 4.78 is 8.44. The zero-order valence-corrected chi connectivity index (χ0v) is 48.8. The van der Waals surface area contributed by atoms with Crippen LogP contribution in [0.15, 0.2) is 231 Å². The third-order valence-corrected chi connectivity index (χ3v) is 18.0. The minimum Gasteiger partial charge on any atom is -0.574 e. The van der Waals surface area contributed by atoms with Crippen molar-refractivity contribution in [2.45, 2.75) is 25.7 Å². The molecule has 0 N–H and O–H groups in total. The molecule has 4 aromatic heterocycles. The summed E-state index contributed by atoms with van der Waals surface area (Å²) in [6.07, 6.45) is 36.9. The molecule has 0 bridgehead atoms. The molecule has 0 atom stereocenters. The molecule has 4 aliphatic carbocycles. The summed E-state index contributed by atoms with van der Waals surface area (Å²) in [6.45, 7) is 0. The molecule has 0 unspecified atom stereocenters. The minimum atomic E-state index is 0. The first-order valence-corrected chi connectivity index (χ1v) is 29.1. The number of hydrogen-bond acceptors (Lipinski definition) is 2. The monoisotopic (exact) mass is 1280 g/mol. The Morgan fingerprint density at radius 3 is 1.38 bits per heavy atom. The number of rotatable bonds is 5. The van der Waals surface area contributed by atoms with Gasteiger partial charge in [0.1, 0.15) is 0 Å². The maximum atomic E-state index is 4.12. The number of imidazole rings is 2. The van der Waals surface area contributed by atoms with Crippen molar-refractivity contribution in [1.29, 1.82) is 0 Å². The van der Waals surface area contributed by atoms with E-state index in [2.05, 4.69) is 265 Å². The summed E-state index contributed by atoms with van der Waals surface area (Å²) in [6, 6.07) is 68.1. The first-order valence-electron chi connectivity index (χ1n) is 29.1.